The molecule has 5 nitrogen and oxygen atoms in total. The molecule has 0 bridgehead atoms. The van der Waals surface area contributed by atoms with Crippen LogP contribution in [0.3, 0.4) is 0 Å². The number of hydrogen-bond donors (Lipinski definition) is 1. The third-order valence-electron chi connectivity index (χ3n) is 4.10. The summed E-state index contributed by atoms with van der Waals surface area (Å²) in [4.78, 5) is 30.8. The predicted molar refractivity (Wildman–Crippen MR) is 94.1 cm³/mol. The second-order valence-corrected chi connectivity index (χ2v) is 8.61. The Labute approximate surface area is 144 Å². The molecular weight excluding hydrogens is 302 g/mol. The molecule has 0 spiro atoms. The van der Waals surface area contributed by atoms with Crippen LogP contribution >= 0.6 is 0 Å². The molecule has 2 heterocycles. The van der Waals surface area contributed by atoms with Gasteiger partial charge in [-0.25, -0.2) is 0 Å². The van der Waals surface area contributed by atoms with Crippen molar-refractivity contribution in [3.05, 3.63) is 30.1 Å². The Kier molecular flexibility index (Phi) is 5.31. The summed E-state index contributed by atoms with van der Waals surface area (Å²) in [6, 6.07) is 5.65. The maximum Gasteiger partial charge on any atom is 0.225 e. The lowest BCUT2D eigenvalue weighted by Crippen LogP contribution is -2.48. The summed E-state index contributed by atoms with van der Waals surface area (Å²) >= 11 is 0. The molecule has 0 aliphatic carbocycles. The lowest BCUT2D eigenvalue weighted by molar-refractivity contribution is -0.129. The first-order valence-corrected chi connectivity index (χ1v) is 8.55. The number of aromatic nitrogens is 1. The molecule has 0 unspecified atom stereocenters. The number of likely N-dealkylation sites (tertiary alicyclic amines) is 1. The third kappa shape index (κ3) is 5.32. The Balaban J connectivity index is 1.94. The van der Waals surface area contributed by atoms with Gasteiger partial charge in [0.15, 0.2) is 0 Å². The van der Waals surface area contributed by atoms with Crippen molar-refractivity contribution in [1.82, 2.24) is 15.2 Å². The molecule has 2 amide bonds. The number of hydrogen-bond acceptors (Lipinski definition) is 3. The van der Waals surface area contributed by atoms with Crippen LogP contribution in [0.1, 0.15) is 53.2 Å². The number of nitrogens with zero attached hydrogens (tertiary/aromatic N) is 2. The molecule has 2 rings (SSSR count). The fraction of sp³-hybridized carbons (Fsp3) is 0.632. The van der Waals surface area contributed by atoms with Crippen LogP contribution in [0.15, 0.2) is 24.4 Å². The van der Waals surface area contributed by atoms with E-state index in [1.165, 1.54) is 0 Å². The maximum atomic E-state index is 12.6. The van der Waals surface area contributed by atoms with Crippen LogP contribution in [-0.2, 0) is 16.1 Å². The van der Waals surface area contributed by atoms with E-state index in [0.29, 0.717) is 13.1 Å². The van der Waals surface area contributed by atoms with Crippen LogP contribution in [0.5, 0.6) is 0 Å². The molecule has 1 aromatic heterocycles. The summed E-state index contributed by atoms with van der Waals surface area (Å²) in [5.74, 6) is -0.281. The Morgan fingerprint density at radius 1 is 1.29 bits per heavy atom. The highest BCUT2D eigenvalue weighted by molar-refractivity contribution is 5.89. The van der Waals surface area contributed by atoms with Crippen molar-refractivity contribution in [2.75, 3.05) is 6.54 Å². The van der Waals surface area contributed by atoms with E-state index < -0.39 is 0 Å². The Bertz CT molecular complexity index is 590. The minimum atomic E-state index is -0.285. The minimum Gasteiger partial charge on any atom is -0.351 e. The van der Waals surface area contributed by atoms with Gasteiger partial charge in [0.1, 0.15) is 0 Å². The van der Waals surface area contributed by atoms with Gasteiger partial charge in [-0.3, -0.25) is 14.6 Å². The summed E-state index contributed by atoms with van der Waals surface area (Å²) < 4.78 is 0. The molecule has 1 atom stereocenters. The molecule has 0 saturated carbocycles. The topological polar surface area (TPSA) is 62.3 Å². The van der Waals surface area contributed by atoms with E-state index in [1.54, 1.807) is 11.1 Å². The summed E-state index contributed by atoms with van der Waals surface area (Å²) in [5.41, 5.74) is 0.694. The van der Waals surface area contributed by atoms with Crippen molar-refractivity contribution in [3.63, 3.8) is 0 Å². The molecule has 1 N–H and O–H groups in total. The normalized spacial score (nSPS) is 18.8. The van der Waals surface area contributed by atoms with Crippen molar-refractivity contribution in [3.8, 4) is 0 Å². The van der Waals surface area contributed by atoms with Gasteiger partial charge >= 0.3 is 0 Å². The van der Waals surface area contributed by atoms with Crippen LogP contribution in [0, 0.1) is 11.3 Å². The van der Waals surface area contributed by atoms with Gasteiger partial charge in [0.05, 0.1) is 18.2 Å². The van der Waals surface area contributed by atoms with Crippen molar-refractivity contribution in [1.29, 1.82) is 0 Å². The average molecular weight is 331 g/mol. The zero-order chi connectivity index (χ0) is 18.0. The van der Waals surface area contributed by atoms with Gasteiger partial charge in [0.2, 0.25) is 11.8 Å². The zero-order valence-corrected chi connectivity index (χ0v) is 15.4. The van der Waals surface area contributed by atoms with Crippen LogP contribution in [-0.4, -0.2) is 33.8 Å². The monoisotopic (exact) mass is 331 g/mol. The van der Waals surface area contributed by atoms with Gasteiger partial charge in [-0.05, 0) is 37.8 Å². The highest BCUT2D eigenvalue weighted by Crippen LogP contribution is 2.28. The Hall–Kier alpha value is -1.91. The van der Waals surface area contributed by atoms with E-state index in [4.69, 9.17) is 0 Å². The SMILES string of the molecule is CC(C)(C)CC(C)(C)NC(=O)[C@@H]1CC(=O)N(Cc2ccccn2)C1. The zero-order valence-electron chi connectivity index (χ0n) is 15.4. The minimum absolute atomic E-state index is 0.0226. The smallest absolute Gasteiger partial charge is 0.225 e. The molecule has 0 radical (unpaired) electrons. The van der Waals surface area contributed by atoms with Gasteiger partial charge < -0.3 is 10.2 Å². The van der Waals surface area contributed by atoms with Crippen molar-refractivity contribution in [2.45, 2.75) is 59.5 Å². The van der Waals surface area contributed by atoms with Gasteiger partial charge in [-0.15, -0.1) is 0 Å². The first kappa shape index (κ1) is 18.4. The van der Waals surface area contributed by atoms with Crippen molar-refractivity contribution >= 4 is 11.8 Å². The summed E-state index contributed by atoms with van der Waals surface area (Å²) in [7, 11) is 0. The molecule has 1 saturated heterocycles. The fourth-order valence-electron chi connectivity index (χ4n) is 3.59. The second-order valence-electron chi connectivity index (χ2n) is 8.61. The van der Waals surface area contributed by atoms with Crippen LogP contribution in [0.4, 0.5) is 0 Å². The molecule has 24 heavy (non-hydrogen) atoms. The molecule has 1 aliphatic heterocycles. The number of rotatable bonds is 5. The number of nitrogens with one attached hydrogen (secondary N) is 1. The molecule has 0 aromatic carbocycles. The summed E-state index contributed by atoms with van der Waals surface area (Å²) in [6.45, 7) is 11.5. The van der Waals surface area contributed by atoms with Gasteiger partial charge in [0.25, 0.3) is 0 Å². The lowest BCUT2D eigenvalue weighted by Gasteiger charge is -2.34. The standard InChI is InChI=1S/C19H29N3O2/c1-18(2,3)13-19(4,5)21-17(24)14-10-16(23)22(11-14)12-15-8-6-7-9-20-15/h6-9,14H,10-13H2,1-5H3,(H,21,24)/t14-/m1/s1. The van der Waals surface area contributed by atoms with Crippen LogP contribution in [0.2, 0.25) is 0 Å². The van der Waals surface area contributed by atoms with Crippen LogP contribution in [0.25, 0.3) is 0 Å². The van der Waals surface area contributed by atoms with Crippen molar-refractivity contribution in [2.24, 2.45) is 11.3 Å². The fourth-order valence-corrected chi connectivity index (χ4v) is 3.59. The quantitative estimate of drug-likeness (QED) is 0.902. The summed E-state index contributed by atoms with van der Waals surface area (Å²) in [6.07, 6.45) is 2.88. The molecule has 132 valence electrons. The molecule has 1 aliphatic rings. The maximum absolute atomic E-state index is 12.6. The molecule has 5 heteroatoms. The number of pyridine rings is 1. The largest absolute Gasteiger partial charge is 0.351 e. The highest BCUT2D eigenvalue weighted by Gasteiger charge is 2.37. The molecular formula is C19H29N3O2. The first-order chi connectivity index (χ1) is 11.1. The molecule has 1 aromatic rings. The van der Waals surface area contributed by atoms with Gasteiger partial charge in [0, 0.05) is 24.7 Å². The molecule has 1 fully saturated rings. The van der Waals surface area contributed by atoms with E-state index in [2.05, 4.69) is 31.1 Å². The van der Waals surface area contributed by atoms with Gasteiger partial charge in [-0.2, -0.15) is 0 Å². The summed E-state index contributed by atoms with van der Waals surface area (Å²) in [5, 5.41) is 3.13. The lowest BCUT2D eigenvalue weighted by atomic mass is 9.81. The van der Waals surface area contributed by atoms with E-state index >= 15 is 0 Å². The van der Waals surface area contributed by atoms with E-state index in [0.717, 1.165) is 12.1 Å². The average Bonchev–Trinajstić information content (AvgIpc) is 2.78. The first-order valence-electron chi connectivity index (χ1n) is 8.55. The van der Waals surface area contributed by atoms with E-state index in [1.807, 2.05) is 32.0 Å². The third-order valence-corrected chi connectivity index (χ3v) is 4.10. The van der Waals surface area contributed by atoms with E-state index in [9.17, 15) is 9.59 Å². The van der Waals surface area contributed by atoms with Crippen molar-refractivity contribution < 1.29 is 9.59 Å². The van der Waals surface area contributed by atoms with Gasteiger partial charge in [-0.1, -0.05) is 26.8 Å². The highest BCUT2D eigenvalue weighted by atomic mass is 16.2. The van der Waals surface area contributed by atoms with Crippen LogP contribution < -0.4 is 5.32 Å². The number of carbonyl (C=O) groups excluding carboxylic acids is 2. The second kappa shape index (κ2) is 6.91. The number of amides is 2. The number of carbonyl (C=O) groups is 2. The van der Waals surface area contributed by atoms with E-state index in [-0.39, 0.29) is 35.1 Å². The predicted octanol–water partition coefficient (Wildman–Crippen LogP) is 2.76. The Morgan fingerprint density at radius 2 is 2.00 bits per heavy atom. The Morgan fingerprint density at radius 3 is 2.58 bits per heavy atom.